The second-order valence-corrected chi connectivity index (χ2v) is 5.53. The Morgan fingerprint density at radius 1 is 1.25 bits per heavy atom. The molecule has 0 fully saturated rings. The minimum absolute atomic E-state index is 0.142. The number of methoxy groups -OCH3 is 1. The van der Waals surface area contributed by atoms with E-state index in [1.807, 2.05) is 0 Å². The Morgan fingerprint density at radius 2 is 1.96 bits per heavy atom. The Hall–Kier alpha value is -2.73. The van der Waals surface area contributed by atoms with Crippen LogP contribution in [0.25, 0.3) is 10.9 Å². The van der Waals surface area contributed by atoms with Crippen molar-refractivity contribution in [2.45, 2.75) is 6.17 Å². The monoisotopic (exact) mass is 346 g/mol. The standard InChI is InChI=1S/C17H12ClFN2O3/c1-24-17(23)10-4-7-12-13(8-10)20-15(21-16(12)22)14(19)9-2-5-11(18)6-3-9/h2-8,14H,1H3,(H,20,21,22)/t14-/m0/s1. The number of benzene rings is 2. The summed E-state index contributed by atoms with van der Waals surface area (Å²) < 4.78 is 19.3. The molecule has 0 aliphatic heterocycles. The van der Waals surface area contributed by atoms with Crippen LogP contribution in [0.15, 0.2) is 47.3 Å². The molecule has 122 valence electrons. The van der Waals surface area contributed by atoms with Crippen molar-refractivity contribution >= 4 is 28.5 Å². The summed E-state index contributed by atoms with van der Waals surface area (Å²) in [5, 5.41) is 0.739. The Balaban J connectivity index is 2.09. The molecule has 3 rings (SSSR count). The summed E-state index contributed by atoms with van der Waals surface area (Å²) in [6, 6.07) is 10.4. The van der Waals surface area contributed by atoms with Crippen LogP contribution in [0.1, 0.15) is 27.9 Å². The Kier molecular flexibility index (Phi) is 4.31. The molecule has 24 heavy (non-hydrogen) atoms. The van der Waals surface area contributed by atoms with Gasteiger partial charge in [-0.1, -0.05) is 23.7 Å². The molecule has 5 nitrogen and oxygen atoms in total. The number of H-pyrrole nitrogens is 1. The second-order valence-electron chi connectivity index (χ2n) is 5.09. The number of carbonyl (C=O) groups is 1. The number of esters is 1. The van der Waals surface area contributed by atoms with Crippen LogP contribution in [0.4, 0.5) is 4.39 Å². The topological polar surface area (TPSA) is 72.1 Å². The largest absolute Gasteiger partial charge is 0.465 e. The average Bonchev–Trinajstić information content (AvgIpc) is 2.60. The van der Waals surface area contributed by atoms with Gasteiger partial charge in [0.15, 0.2) is 6.17 Å². The molecule has 0 unspecified atom stereocenters. The number of ether oxygens (including phenoxy) is 1. The molecule has 3 aromatic rings. The van der Waals surface area contributed by atoms with E-state index in [0.29, 0.717) is 10.6 Å². The quantitative estimate of drug-likeness (QED) is 0.737. The van der Waals surface area contributed by atoms with Crippen LogP contribution in [0.2, 0.25) is 5.02 Å². The lowest BCUT2D eigenvalue weighted by molar-refractivity contribution is 0.0601. The molecule has 1 N–H and O–H groups in total. The van der Waals surface area contributed by atoms with E-state index in [2.05, 4.69) is 14.7 Å². The summed E-state index contributed by atoms with van der Waals surface area (Å²) in [7, 11) is 1.25. The van der Waals surface area contributed by atoms with Gasteiger partial charge in [-0.05, 0) is 35.9 Å². The molecule has 0 bridgehead atoms. The average molecular weight is 347 g/mol. The van der Waals surface area contributed by atoms with Crippen molar-refractivity contribution in [1.82, 2.24) is 9.97 Å². The third kappa shape index (κ3) is 3.00. The summed E-state index contributed by atoms with van der Waals surface area (Å²) >= 11 is 5.79. The molecule has 2 aromatic carbocycles. The van der Waals surface area contributed by atoms with Crippen LogP contribution in [0.5, 0.6) is 0 Å². The molecule has 0 aliphatic rings. The van der Waals surface area contributed by atoms with Crippen molar-refractivity contribution in [3.05, 3.63) is 74.8 Å². The number of aromatic nitrogens is 2. The third-order valence-electron chi connectivity index (χ3n) is 3.55. The van der Waals surface area contributed by atoms with Gasteiger partial charge in [0, 0.05) is 5.02 Å². The van der Waals surface area contributed by atoms with Crippen molar-refractivity contribution < 1.29 is 13.9 Å². The van der Waals surface area contributed by atoms with E-state index in [1.54, 1.807) is 12.1 Å². The van der Waals surface area contributed by atoms with Gasteiger partial charge in [-0.3, -0.25) is 4.79 Å². The van der Waals surface area contributed by atoms with Gasteiger partial charge in [0.25, 0.3) is 5.56 Å². The SMILES string of the molecule is COC(=O)c1ccc2c(=O)[nH]c([C@@H](F)c3ccc(Cl)cc3)nc2c1. The van der Waals surface area contributed by atoms with Gasteiger partial charge in [0.05, 0.1) is 23.6 Å². The molecule has 1 atom stereocenters. The van der Waals surface area contributed by atoms with Crippen molar-refractivity contribution in [3.8, 4) is 0 Å². The van der Waals surface area contributed by atoms with Gasteiger partial charge >= 0.3 is 5.97 Å². The summed E-state index contributed by atoms with van der Waals surface area (Å²) in [5.41, 5.74) is 0.276. The van der Waals surface area contributed by atoms with E-state index in [1.165, 1.54) is 37.4 Å². The van der Waals surface area contributed by atoms with Gasteiger partial charge in [-0.15, -0.1) is 0 Å². The molecule has 0 saturated heterocycles. The Morgan fingerprint density at radius 3 is 2.62 bits per heavy atom. The van der Waals surface area contributed by atoms with Crippen LogP contribution < -0.4 is 5.56 Å². The second kappa shape index (κ2) is 6.41. The number of aromatic amines is 1. The summed E-state index contributed by atoms with van der Waals surface area (Å²) in [5.74, 6) is -0.702. The number of alkyl halides is 1. The van der Waals surface area contributed by atoms with Crippen LogP contribution in [-0.4, -0.2) is 23.0 Å². The Bertz CT molecular complexity index is 970. The van der Waals surface area contributed by atoms with Crippen molar-refractivity contribution in [2.75, 3.05) is 7.11 Å². The number of nitrogens with zero attached hydrogens (tertiary/aromatic N) is 1. The Labute approximate surface area is 141 Å². The first kappa shape index (κ1) is 16.1. The molecular formula is C17H12ClFN2O3. The van der Waals surface area contributed by atoms with E-state index in [-0.39, 0.29) is 22.3 Å². The minimum Gasteiger partial charge on any atom is -0.465 e. The number of hydrogen-bond acceptors (Lipinski definition) is 4. The molecule has 1 heterocycles. The zero-order valence-corrected chi connectivity index (χ0v) is 13.3. The van der Waals surface area contributed by atoms with Crippen LogP contribution in [-0.2, 0) is 4.74 Å². The summed E-state index contributed by atoms with van der Waals surface area (Å²) in [4.78, 5) is 30.3. The number of hydrogen-bond donors (Lipinski definition) is 1. The van der Waals surface area contributed by atoms with Crippen LogP contribution in [0.3, 0.4) is 0 Å². The maximum Gasteiger partial charge on any atom is 0.337 e. The zero-order chi connectivity index (χ0) is 17.3. The molecule has 0 aliphatic carbocycles. The maximum absolute atomic E-state index is 14.7. The number of nitrogens with one attached hydrogen (secondary N) is 1. The predicted octanol–water partition coefficient (Wildman–Crippen LogP) is 3.42. The highest BCUT2D eigenvalue weighted by Crippen LogP contribution is 2.25. The molecule has 7 heteroatoms. The fourth-order valence-corrected chi connectivity index (χ4v) is 2.44. The molecule has 0 radical (unpaired) electrons. The fourth-order valence-electron chi connectivity index (χ4n) is 2.31. The van der Waals surface area contributed by atoms with Gasteiger partial charge in [-0.25, -0.2) is 14.2 Å². The van der Waals surface area contributed by atoms with Gasteiger partial charge in [-0.2, -0.15) is 0 Å². The number of carbonyl (C=O) groups excluding carboxylic acids is 1. The fraction of sp³-hybridized carbons (Fsp3) is 0.118. The lowest BCUT2D eigenvalue weighted by atomic mass is 10.1. The third-order valence-corrected chi connectivity index (χ3v) is 3.80. The van der Waals surface area contributed by atoms with Crippen molar-refractivity contribution in [1.29, 1.82) is 0 Å². The molecule has 1 aromatic heterocycles. The highest BCUT2D eigenvalue weighted by atomic mass is 35.5. The first-order chi connectivity index (χ1) is 11.5. The van der Waals surface area contributed by atoms with E-state index < -0.39 is 17.7 Å². The van der Waals surface area contributed by atoms with Gasteiger partial charge < -0.3 is 9.72 Å². The zero-order valence-electron chi connectivity index (χ0n) is 12.5. The van der Waals surface area contributed by atoms with Crippen molar-refractivity contribution in [3.63, 3.8) is 0 Å². The van der Waals surface area contributed by atoms with Crippen LogP contribution >= 0.6 is 11.6 Å². The molecule has 0 amide bonds. The van der Waals surface area contributed by atoms with E-state index in [0.717, 1.165) is 0 Å². The van der Waals surface area contributed by atoms with E-state index in [4.69, 9.17) is 11.6 Å². The lowest BCUT2D eigenvalue weighted by Gasteiger charge is -2.09. The van der Waals surface area contributed by atoms with Crippen LogP contribution in [0, 0.1) is 0 Å². The maximum atomic E-state index is 14.7. The smallest absolute Gasteiger partial charge is 0.337 e. The number of rotatable bonds is 3. The molecule has 0 spiro atoms. The lowest BCUT2D eigenvalue weighted by Crippen LogP contribution is -2.14. The van der Waals surface area contributed by atoms with E-state index in [9.17, 15) is 14.0 Å². The minimum atomic E-state index is -1.62. The highest BCUT2D eigenvalue weighted by molar-refractivity contribution is 6.30. The number of halogens is 2. The van der Waals surface area contributed by atoms with Crippen molar-refractivity contribution in [2.24, 2.45) is 0 Å². The first-order valence-corrected chi connectivity index (χ1v) is 7.39. The first-order valence-electron chi connectivity index (χ1n) is 7.01. The number of fused-ring (bicyclic) bond motifs is 1. The molecule has 0 saturated carbocycles. The normalized spacial score (nSPS) is 12.1. The predicted molar refractivity (Wildman–Crippen MR) is 88.1 cm³/mol. The van der Waals surface area contributed by atoms with Gasteiger partial charge in [0.1, 0.15) is 5.82 Å². The summed E-state index contributed by atoms with van der Waals surface area (Å²) in [6.45, 7) is 0. The molecular weight excluding hydrogens is 335 g/mol. The van der Waals surface area contributed by atoms with Gasteiger partial charge in [0.2, 0.25) is 0 Å². The summed E-state index contributed by atoms with van der Waals surface area (Å²) in [6.07, 6.45) is -1.62. The van der Waals surface area contributed by atoms with E-state index >= 15 is 0 Å². The highest BCUT2D eigenvalue weighted by Gasteiger charge is 2.17.